The summed E-state index contributed by atoms with van der Waals surface area (Å²) in [6.07, 6.45) is 3.89. The van der Waals surface area contributed by atoms with Crippen LogP contribution in [0.5, 0.6) is 0 Å². The molecule has 0 aliphatic rings. The van der Waals surface area contributed by atoms with E-state index in [1.807, 2.05) is 6.92 Å². The number of nitrogens with zero attached hydrogens (tertiary/aromatic N) is 1. The molecule has 0 saturated heterocycles. The van der Waals surface area contributed by atoms with Crippen LogP contribution in [-0.4, -0.2) is 22.3 Å². The fourth-order valence-corrected chi connectivity index (χ4v) is 1.96. The monoisotopic (exact) mass is 240 g/mol. The Morgan fingerprint density at radius 3 is 2.18 bits per heavy atom. The Morgan fingerprint density at radius 2 is 1.82 bits per heavy atom. The third kappa shape index (κ3) is 6.09. The number of aliphatic hydroxyl groups is 1. The average Bonchev–Trinajstić information content (AvgIpc) is 2.16. The Morgan fingerprint density at radius 1 is 1.35 bits per heavy atom. The number of aliphatic hydroxyl groups excluding tert-OH is 1. The number of hydrogen-bond donors (Lipinski definition) is 2. The minimum atomic E-state index is -0.342. The van der Waals surface area contributed by atoms with E-state index in [0.29, 0.717) is 0 Å². The van der Waals surface area contributed by atoms with Crippen LogP contribution in [0.2, 0.25) is 0 Å². The van der Waals surface area contributed by atoms with Gasteiger partial charge in [-0.05, 0) is 33.3 Å². The molecule has 0 unspecified atom stereocenters. The molecule has 0 radical (unpaired) electrons. The van der Waals surface area contributed by atoms with Gasteiger partial charge in [0.2, 0.25) is 5.88 Å². The van der Waals surface area contributed by atoms with Gasteiger partial charge in [-0.25, -0.2) is 4.99 Å². The Labute approximate surface area is 104 Å². The summed E-state index contributed by atoms with van der Waals surface area (Å²) in [7, 11) is 0. The summed E-state index contributed by atoms with van der Waals surface area (Å²) in [6, 6.07) is 0. The highest BCUT2D eigenvalue weighted by Crippen LogP contribution is 2.18. The second kappa shape index (κ2) is 7.09. The van der Waals surface area contributed by atoms with Crippen molar-refractivity contribution in [2.24, 2.45) is 4.99 Å². The van der Waals surface area contributed by atoms with E-state index in [0.717, 1.165) is 25.7 Å². The lowest BCUT2D eigenvalue weighted by Crippen LogP contribution is -2.48. The molecule has 0 atom stereocenters. The van der Waals surface area contributed by atoms with E-state index in [1.165, 1.54) is 0 Å². The summed E-state index contributed by atoms with van der Waals surface area (Å²) in [4.78, 5) is 15.5. The maximum atomic E-state index is 11.8. The summed E-state index contributed by atoms with van der Waals surface area (Å²) >= 11 is 0. The molecule has 17 heavy (non-hydrogen) atoms. The Bertz CT molecular complexity index is 303. The van der Waals surface area contributed by atoms with Gasteiger partial charge in [-0.15, -0.1) is 0 Å². The molecule has 0 rings (SSSR count). The molecular formula is C13H24N2O2. The molecule has 0 aliphatic carbocycles. The molecule has 4 nitrogen and oxygen atoms in total. The molecule has 0 aromatic rings. The highest BCUT2D eigenvalue weighted by molar-refractivity contribution is 6.38. The van der Waals surface area contributed by atoms with Crippen LogP contribution in [0.3, 0.4) is 0 Å². The van der Waals surface area contributed by atoms with Gasteiger partial charge >= 0.3 is 0 Å². The van der Waals surface area contributed by atoms with Crippen LogP contribution in [0, 0.1) is 0 Å². The molecule has 0 fully saturated rings. The average molecular weight is 240 g/mol. The van der Waals surface area contributed by atoms with E-state index in [2.05, 4.69) is 30.7 Å². The standard InChI is InChI=1S/C13H24N2O2/c1-6-8-13(5,9-7-2)15-12(17)10(3)14-11(4)16/h16H,4,6-9H2,1-3,5H3,(H,15,17)/b14-10+. The summed E-state index contributed by atoms with van der Waals surface area (Å²) in [5, 5.41) is 11.9. The maximum Gasteiger partial charge on any atom is 0.265 e. The third-order valence-corrected chi connectivity index (χ3v) is 2.64. The van der Waals surface area contributed by atoms with Gasteiger partial charge in [-0.2, -0.15) is 0 Å². The van der Waals surface area contributed by atoms with Crippen molar-refractivity contribution in [2.45, 2.75) is 58.9 Å². The quantitative estimate of drug-likeness (QED) is 0.531. The molecule has 0 saturated carbocycles. The molecule has 4 heteroatoms. The van der Waals surface area contributed by atoms with Gasteiger partial charge < -0.3 is 10.4 Å². The topological polar surface area (TPSA) is 61.7 Å². The van der Waals surface area contributed by atoms with Gasteiger partial charge in [-0.3, -0.25) is 4.79 Å². The molecular weight excluding hydrogens is 216 g/mol. The minimum Gasteiger partial charge on any atom is -0.494 e. The molecule has 0 bridgehead atoms. The molecule has 2 N–H and O–H groups in total. The second-order valence-electron chi connectivity index (χ2n) is 4.63. The van der Waals surface area contributed by atoms with Gasteiger partial charge in [0.1, 0.15) is 5.71 Å². The summed E-state index contributed by atoms with van der Waals surface area (Å²) in [5.41, 5.74) is 0.0321. The fraction of sp³-hybridized carbons (Fsp3) is 0.692. The van der Waals surface area contributed by atoms with E-state index in [1.54, 1.807) is 6.92 Å². The van der Waals surface area contributed by atoms with E-state index in [4.69, 9.17) is 5.11 Å². The van der Waals surface area contributed by atoms with Crippen molar-refractivity contribution in [2.75, 3.05) is 0 Å². The van der Waals surface area contributed by atoms with Crippen molar-refractivity contribution in [3.63, 3.8) is 0 Å². The number of amides is 1. The Kier molecular flexibility index (Phi) is 6.54. The van der Waals surface area contributed by atoms with E-state index in [9.17, 15) is 4.79 Å². The molecule has 0 aliphatic heterocycles. The molecule has 0 spiro atoms. The van der Waals surface area contributed by atoms with Crippen LogP contribution < -0.4 is 5.32 Å². The van der Waals surface area contributed by atoms with Crippen LogP contribution in [-0.2, 0) is 4.79 Å². The van der Waals surface area contributed by atoms with Gasteiger partial charge in [0.25, 0.3) is 5.91 Å². The van der Waals surface area contributed by atoms with Crippen molar-refractivity contribution in [3.8, 4) is 0 Å². The van der Waals surface area contributed by atoms with Crippen LogP contribution in [0.1, 0.15) is 53.4 Å². The predicted molar refractivity (Wildman–Crippen MR) is 71.2 cm³/mol. The van der Waals surface area contributed by atoms with Crippen LogP contribution in [0.4, 0.5) is 0 Å². The first-order chi connectivity index (χ1) is 7.84. The van der Waals surface area contributed by atoms with Crippen molar-refractivity contribution >= 4 is 11.6 Å². The lowest BCUT2D eigenvalue weighted by atomic mass is 9.90. The van der Waals surface area contributed by atoms with Gasteiger partial charge in [0, 0.05) is 5.54 Å². The normalized spacial score (nSPS) is 12.4. The molecule has 98 valence electrons. The van der Waals surface area contributed by atoms with E-state index < -0.39 is 0 Å². The lowest BCUT2D eigenvalue weighted by Gasteiger charge is -2.30. The fourth-order valence-electron chi connectivity index (χ4n) is 1.96. The number of carbonyl (C=O) groups excluding carboxylic acids is 1. The summed E-state index contributed by atoms with van der Waals surface area (Å²) in [5.74, 6) is -0.588. The first-order valence-electron chi connectivity index (χ1n) is 6.10. The molecule has 0 heterocycles. The minimum absolute atomic E-state index is 0.200. The Hall–Kier alpha value is -1.32. The largest absolute Gasteiger partial charge is 0.494 e. The van der Waals surface area contributed by atoms with Crippen LogP contribution in [0.15, 0.2) is 17.5 Å². The van der Waals surface area contributed by atoms with Gasteiger partial charge in [0.05, 0.1) is 0 Å². The zero-order chi connectivity index (χ0) is 13.5. The predicted octanol–water partition coefficient (Wildman–Crippen LogP) is 2.95. The van der Waals surface area contributed by atoms with E-state index >= 15 is 0 Å². The molecule has 0 aromatic heterocycles. The van der Waals surface area contributed by atoms with Gasteiger partial charge in [0.15, 0.2) is 0 Å². The molecule has 1 amide bonds. The number of rotatable bonds is 7. The zero-order valence-electron chi connectivity index (χ0n) is 11.3. The summed E-state index contributed by atoms with van der Waals surface area (Å²) in [6.45, 7) is 11.0. The maximum absolute atomic E-state index is 11.8. The zero-order valence-corrected chi connectivity index (χ0v) is 11.3. The van der Waals surface area contributed by atoms with Gasteiger partial charge in [-0.1, -0.05) is 26.7 Å². The number of aliphatic imine (C=N–C) groups is 1. The Balaban J connectivity index is 4.66. The third-order valence-electron chi connectivity index (χ3n) is 2.64. The number of hydrogen-bond acceptors (Lipinski definition) is 3. The van der Waals surface area contributed by atoms with E-state index in [-0.39, 0.29) is 23.0 Å². The summed E-state index contributed by atoms with van der Waals surface area (Å²) < 4.78 is 0. The SMILES string of the molecule is C=C(O)/N=C(\C)C(=O)NC(C)(CCC)CCC. The van der Waals surface area contributed by atoms with Crippen LogP contribution in [0.25, 0.3) is 0 Å². The lowest BCUT2D eigenvalue weighted by molar-refractivity contribution is -0.116. The first kappa shape index (κ1) is 15.7. The highest BCUT2D eigenvalue weighted by atomic mass is 16.3. The number of carbonyl (C=O) groups is 1. The van der Waals surface area contributed by atoms with Crippen molar-refractivity contribution in [3.05, 3.63) is 12.5 Å². The van der Waals surface area contributed by atoms with Crippen molar-refractivity contribution in [1.29, 1.82) is 0 Å². The second-order valence-corrected chi connectivity index (χ2v) is 4.63. The van der Waals surface area contributed by atoms with Crippen molar-refractivity contribution in [1.82, 2.24) is 5.32 Å². The van der Waals surface area contributed by atoms with Crippen LogP contribution >= 0.6 is 0 Å². The first-order valence-corrected chi connectivity index (χ1v) is 6.10. The highest BCUT2D eigenvalue weighted by Gasteiger charge is 2.25. The smallest absolute Gasteiger partial charge is 0.265 e. The van der Waals surface area contributed by atoms with Crippen molar-refractivity contribution < 1.29 is 9.90 Å². The molecule has 0 aromatic carbocycles. The number of nitrogens with one attached hydrogen (secondary N) is 1.